The molecule has 0 N–H and O–H groups in total. The van der Waals surface area contributed by atoms with Crippen LogP contribution in [-0.2, 0) is 35.5 Å². The van der Waals surface area contributed by atoms with Crippen LogP contribution >= 0.6 is 0 Å². The lowest BCUT2D eigenvalue weighted by Gasteiger charge is -2.34. The first-order valence-corrected chi connectivity index (χ1v) is 12.5. The van der Waals surface area contributed by atoms with E-state index in [-0.39, 0.29) is 11.5 Å². The Labute approximate surface area is 178 Å². The van der Waals surface area contributed by atoms with E-state index in [9.17, 15) is 8.42 Å². The minimum Gasteiger partial charge on any atom is -0.369 e. The van der Waals surface area contributed by atoms with E-state index in [2.05, 4.69) is 70.9 Å². The summed E-state index contributed by atoms with van der Waals surface area (Å²) >= 11 is 0. The van der Waals surface area contributed by atoms with Crippen LogP contribution in [0, 0.1) is 0 Å². The van der Waals surface area contributed by atoms with E-state index in [1.165, 1.54) is 22.5 Å². The summed E-state index contributed by atoms with van der Waals surface area (Å²) in [6.07, 6.45) is 1.47. The number of likely N-dealkylation sites (N-methyl/N-ethyl adjacent to an activating group) is 1. The second-order valence-corrected chi connectivity index (χ2v) is 11.0. The summed E-state index contributed by atoms with van der Waals surface area (Å²) in [4.78, 5) is 4.82. The molecule has 0 radical (unpaired) electrons. The van der Waals surface area contributed by atoms with Crippen molar-refractivity contribution in [2.24, 2.45) is 7.05 Å². The molecule has 1 fully saturated rings. The van der Waals surface area contributed by atoms with Crippen LogP contribution in [0.25, 0.3) is 10.9 Å². The van der Waals surface area contributed by atoms with Crippen molar-refractivity contribution >= 4 is 26.4 Å². The molecule has 3 aromatic rings. The van der Waals surface area contributed by atoms with Gasteiger partial charge in [-0.05, 0) is 54.4 Å². The van der Waals surface area contributed by atoms with Crippen molar-refractivity contribution in [3.05, 3.63) is 64.8 Å². The van der Waals surface area contributed by atoms with E-state index in [0.717, 1.165) is 49.1 Å². The molecule has 3 heterocycles. The second kappa shape index (κ2) is 7.43. The number of nitrogens with zero attached hydrogens (tertiary/aromatic N) is 3. The summed E-state index contributed by atoms with van der Waals surface area (Å²) in [6.45, 7) is 4.38. The van der Waals surface area contributed by atoms with Crippen molar-refractivity contribution in [3.63, 3.8) is 0 Å². The highest BCUT2D eigenvalue weighted by atomic mass is 32.2. The van der Waals surface area contributed by atoms with Crippen LogP contribution in [0.5, 0.6) is 0 Å². The SMILES string of the molecule is CN1CCN(c2ccc(Cc3ccc4c(c3)c3c(n4C)CCS(=O)(=O)C3)cc2)CC1. The first-order valence-electron chi connectivity index (χ1n) is 10.7. The Kier molecular flexibility index (Phi) is 4.86. The van der Waals surface area contributed by atoms with Gasteiger partial charge in [0.2, 0.25) is 0 Å². The van der Waals surface area contributed by atoms with Gasteiger partial charge in [0.1, 0.15) is 0 Å². The molecule has 5 rings (SSSR count). The van der Waals surface area contributed by atoms with E-state index in [1.807, 2.05) is 0 Å². The van der Waals surface area contributed by atoms with Gasteiger partial charge >= 0.3 is 0 Å². The van der Waals surface area contributed by atoms with Gasteiger partial charge < -0.3 is 14.4 Å². The monoisotopic (exact) mass is 423 g/mol. The van der Waals surface area contributed by atoms with E-state index in [1.54, 1.807) is 0 Å². The van der Waals surface area contributed by atoms with Crippen LogP contribution in [-0.4, -0.2) is 56.9 Å². The smallest absolute Gasteiger partial charge is 0.154 e. The van der Waals surface area contributed by atoms with E-state index in [4.69, 9.17) is 0 Å². The number of hydrogen-bond acceptors (Lipinski definition) is 4. The van der Waals surface area contributed by atoms with Gasteiger partial charge in [-0.15, -0.1) is 0 Å². The molecule has 0 bridgehead atoms. The number of piperazine rings is 1. The third-order valence-electron chi connectivity index (χ3n) is 6.73. The summed E-state index contributed by atoms with van der Waals surface area (Å²) in [5.41, 5.74) is 7.12. The molecule has 2 aliphatic heterocycles. The Bertz CT molecular complexity index is 1190. The number of aryl methyl sites for hydroxylation is 1. The largest absolute Gasteiger partial charge is 0.369 e. The van der Waals surface area contributed by atoms with Crippen LogP contribution in [0.2, 0.25) is 0 Å². The molecule has 0 atom stereocenters. The third-order valence-corrected chi connectivity index (χ3v) is 8.28. The average molecular weight is 424 g/mol. The maximum atomic E-state index is 12.2. The standard InChI is InChI=1S/C24H29N3O2S/c1-25-10-12-27(13-11-25)20-6-3-18(4-7-20)15-19-5-8-23-21(16-19)22-17-30(28,29)14-9-24(22)26(23)2/h3-8,16H,9-15,17H2,1-2H3. The molecule has 0 aliphatic carbocycles. The van der Waals surface area contributed by atoms with Gasteiger partial charge in [0.15, 0.2) is 9.84 Å². The molecule has 1 aromatic heterocycles. The van der Waals surface area contributed by atoms with Crippen molar-refractivity contribution in [3.8, 4) is 0 Å². The molecule has 1 saturated heterocycles. The molecular formula is C24H29N3O2S. The molecule has 0 saturated carbocycles. The fourth-order valence-corrected chi connectivity index (χ4v) is 6.29. The maximum Gasteiger partial charge on any atom is 0.154 e. The van der Waals surface area contributed by atoms with Gasteiger partial charge in [-0.3, -0.25) is 0 Å². The highest BCUT2D eigenvalue weighted by Crippen LogP contribution is 2.32. The molecule has 0 amide bonds. The lowest BCUT2D eigenvalue weighted by Crippen LogP contribution is -2.44. The first kappa shape index (κ1) is 19.6. The molecule has 2 aromatic carbocycles. The highest BCUT2D eigenvalue weighted by molar-refractivity contribution is 7.90. The van der Waals surface area contributed by atoms with Gasteiger partial charge in [-0.1, -0.05) is 18.2 Å². The number of benzene rings is 2. The quantitative estimate of drug-likeness (QED) is 0.650. The molecule has 6 heteroatoms. The molecule has 0 spiro atoms. The van der Waals surface area contributed by atoms with Crippen molar-refractivity contribution in [1.29, 1.82) is 0 Å². The van der Waals surface area contributed by atoms with Gasteiger partial charge in [0.05, 0.1) is 11.5 Å². The highest BCUT2D eigenvalue weighted by Gasteiger charge is 2.26. The van der Waals surface area contributed by atoms with Crippen molar-refractivity contribution in [2.75, 3.05) is 43.9 Å². The van der Waals surface area contributed by atoms with Gasteiger partial charge in [0.25, 0.3) is 0 Å². The Balaban J connectivity index is 1.39. The first-order chi connectivity index (χ1) is 14.4. The Morgan fingerprint density at radius 1 is 0.900 bits per heavy atom. The van der Waals surface area contributed by atoms with Crippen LogP contribution in [0.4, 0.5) is 5.69 Å². The van der Waals surface area contributed by atoms with E-state index < -0.39 is 9.84 Å². The van der Waals surface area contributed by atoms with Crippen LogP contribution in [0.15, 0.2) is 42.5 Å². The summed E-state index contributed by atoms with van der Waals surface area (Å²) in [6, 6.07) is 15.4. The Hall–Kier alpha value is -2.31. The van der Waals surface area contributed by atoms with E-state index >= 15 is 0 Å². The normalized spacial score (nSPS) is 19.2. The zero-order valence-corrected chi connectivity index (χ0v) is 18.6. The lowest BCUT2D eigenvalue weighted by atomic mass is 10.0. The summed E-state index contributed by atoms with van der Waals surface area (Å²) in [5.74, 6) is 0.430. The zero-order valence-electron chi connectivity index (χ0n) is 17.8. The topological polar surface area (TPSA) is 45.5 Å². The number of aromatic nitrogens is 1. The number of rotatable bonds is 3. The van der Waals surface area contributed by atoms with Crippen LogP contribution in [0.3, 0.4) is 0 Å². The summed E-state index contributed by atoms with van der Waals surface area (Å²) in [5, 5.41) is 1.10. The summed E-state index contributed by atoms with van der Waals surface area (Å²) < 4.78 is 26.6. The molecule has 5 nitrogen and oxygen atoms in total. The number of sulfone groups is 1. The zero-order chi connectivity index (χ0) is 20.9. The second-order valence-electron chi connectivity index (χ2n) is 8.81. The van der Waals surface area contributed by atoms with Gasteiger partial charge in [-0.2, -0.15) is 0 Å². The minimum absolute atomic E-state index is 0.169. The number of anilines is 1. The third kappa shape index (κ3) is 3.63. The fraction of sp³-hybridized carbons (Fsp3) is 0.417. The average Bonchev–Trinajstić information content (AvgIpc) is 2.99. The Morgan fingerprint density at radius 2 is 1.60 bits per heavy atom. The lowest BCUT2D eigenvalue weighted by molar-refractivity contribution is 0.313. The van der Waals surface area contributed by atoms with Crippen molar-refractivity contribution < 1.29 is 8.42 Å². The minimum atomic E-state index is -2.99. The molecular weight excluding hydrogens is 394 g/mol. The number of fused-ring (bicyclic) bond motifs is 3. The van der Waals surface area contributed by atoms with Crippen LogP contribution in [0.1, 0.15) is 22.4 Å². The predicted octanol–water partition coefficient (Wildman–Crippen LogP) is 2.99. The van der Waals surface area contributed by atoms with E-state index in [0.29, 0.717) is 6.42 Å². The number of hydrogen-bond donors (Lipinski definition) is 0. The molecule has 30 heavy (non-hydrogen) atoms. The van der Waals surface area contributed by atoms with Crippen molar-refractivity contribution in [1.82, 2.24) is 9.47 Å². The molecule has 0 unspecified atom stereocenters. The Morgan fingerprint density at radius 3 is 2.33 bits per heavy atom. The predicted molar refractivity (Wildman–Crippen MR) is 123 cm³/mol. The van der Waals surface area contributed by atoms with Crippen LogP contribution < -0.4 is 4.90 Å². The fourth-order valence-electron chi connectivity index (χ4n) is 4.88. The summed E-state index contributed by atoms with van der Waals surface area (Å²) in [7, 11) is 1.24. The molecule has 158 valence electrons. The van der Waals surface area contributed by atoms with Crippen molar-refractivity contribution in [2.45, 2.75) is 18.6 Å². The maximum absolute atomic E-state index is 12.2. The van der Waals surface area contributed by atoms with Gasteiger partial charge in [-0.25, -0.2) is 8.42 Å². The molecule has 2 aliphatic rings. The van der Waals surface area contributed by atoms with Gasteiger partial charge in [0, 0.05) is 61.9 Å².